The van der Waals surface area contributed by atoms with Gasteiger partial charge >= 0.3 is 0 Å². The van der Waals surface area contributed by atoms with E-state index in [9.17, 15) is 0 Å². The topological polar surface area (TPSA) is 60.9 Å². The quantitative estimate of drug-likeness (QED) is 0.663. The number of nitrogens with zero attached hydrogens (tertiary/aromatic N) is 1. The van der Waals surface area contributed by atoms with Gasteiger partial charge in [-0.2, -0.15) is 0 Å². The summed E-state index contributed by atoms with van der Waals surface area (Å²) in [6.45, 7) is 3.64. The van der Waals surface area contributed by atoms with E-state index in [2.05, 4.69) is 20.8 Å². The first-order valence-electron chi connectivity index (χ1n) is 6.40. The molecule has 0 aliphatic carbocycles. The Morgan fingerprint density at radius 1 is 1.26 bits per heavy atom. The number of halogens is 1. The molecule has 0 amide bonds. The summed E-state index contributed by atoms with van der Waals surface area (Å²) in [6, 6.07) is 3.91. The predicted molar refractivity (Wildman–Crippen MR) is 78.1 cm³/mol. The van der Waals surface area contributed by atoms with Gasteiger partial charge in [0, 0.05) is 40.5 Å². The van der Waals surface area contributed by atoms with Gasteiger partial charge in [-0.1, -0.05) is 0 Å². The Morgan fingerprint density at radius 2 is 2.00 bits per heavy atom. The summed E-state index contributed by atoms with van der Waals surface area (Å²) in [7, 11) is 3.41. The summed E-state index contributed by atoms with van der Waals surface area (Å²) in [4.78, 5) is 2.27. The first-order chi connectivity index (χ1) is 9.22. The van der Waals surface area contributed by atoms with Gasteiger partial charge in [-0.15, -0.1) is 0 Å². The van der Waals surface area contributed by atoms with Crippen LogP contribution >= 0.6 is 15.9 Å². The standard InChI is InChI=1S/C13H23BrN2O3/c1-17-8-3-6-16(7-9-18-2)11(10-15)12-4-5-13(14)19-12/h4-5,11H,3,6-10,15H2,1-2H3. The third-order valence-electron chi connectivity index (χ3n) is 2.96. The monoisotopic (exact) mass is 334 g/mol. The summed E-state index contributed by atoms with van der Waals surface area (Å²) in [5.41, 5.74) is 5.90. The Balaban J connectivity index is 2.67. The van der Waals surface area contributed by atoms with Crippen molar-refractivity contribution in [3.05, 3.63) is 22.6 Å². The van der Waals surface area contributed by atoms with Crippen molar-refractivity contribution in [1.82, 2.24) is 4.90 Å². The molecule has 2 N–H and O–H groups in total. The molecule has 1 aromatic rings. The lowest BCUT2D eigenvalue weighted by molar-refractivity contribution is 0.0999. The zero-order chi connectivity index (χ0) is 14.1. The average molecular weight is 335 g/mol. The third-order valence-corrected chi connectivity index (χ3v) is 3.39. The van der Waals surface area contributed by atoms with Gasteiger partial charge in [-0.05, 0) is 34.5 Å². The molecule has 0 aromatic carbocycles. The van der Waals surface area contributed by atoms with Crippen LogP contribution in [-0.4, -0.2) is 52.0 Å². The molecule has 0 spiro atoms. The molecule has 1 heterocycles. The highest BCUT2D eigenvalue weighted by Crippen LogP contribution is 2.24. The molecule has 6 heteroatoms. The van der Waals surface area contributed by atoms with Crippen molar-refractivity contribution in [2.24, 2.45) is 5.73 Å². The Morgan fingerprint density at radius 3 is 2.53 bits per heavy atom. The highest BCUT2D eigenvalue weighted by molar-refractivity contribution is 9.10. The molecule has 0 fully saturated rings. The molecule has 1 aromatic heterocycles. The Labute approximate surface area is 123 Å². The maximum Gasteiger partial charge on any atom is 0.169 e. The molecule has 19 heavy (non-hydrogen) atoms. The smallest absolute Gasteiger partial charge is 0.169 e. The van der Waals surface area contributed by atoms with Crippen molar-refractivity contribution in [3.63, 3.8) is 0 Å². The van der Waals surface area contributed by atoms with Crippen LogP contribution < -0.4 is 5.73 Å². The van der Waals surface area contributed by atoms with Crippen LogP contribution in [0.3, 0.4) is 0 Å². The average Bonchev–Trinajstić information content (AvgIpc) is 2.83. The number of hydrogen-bond acceptors (Lipinski definition) is 5. The maximum atomic E-state index is 5.90. The van der Waals surface area contributed by atoms with Crippen LogP contribution in [-0.2, 0) is 9.47 Å². The van der Waals surface area contributed by atoms with Gasteiger partial charge in [0.15, 0.2) is 4.67 Å². The molecule has 1 rings (SSSR count). The fourth-order valence-electron chi connectivity index (χ4n) is 2.00. The molecule has 0 aliphatic heterocycles. The van der Waals surface area contributed by atoms with Gasteiger partial charge in [0.05, 0.1) is 12.6 Å². The minimum absolute atomic E-state index is 0.0679. The summed E-state index contributed by atoms with van der Waals surface area (Å²) in [6.07, 6.45) is 0.957. The van der Waals surface area contributed by atoms with E-state index in [-0.39, 0.29) is 6.04 Å². The maximum absolute atomic E-state index is 5.90. The van der Waals surface area contributed by atoms with Crippen LogP contribution in [0.4, 0.5) is 0 Å². The van der Waals surface area contributed by atoms with Gasteiger partial charge in [-0.25, -0.2) is 0 Å². The summed E-state index contributed by atoms with van der Waals surface area (Å²) in [5.74, 6) is 0.878. The van der Waals surface area contributed by atoms with Gasteiger partial charge in [0.2, 0.25) is 0 Å². The summed E-state index contributed by atoms with van der Waals surface area (Å²) in [5, 5.41) is 0. The van der Waals surface area contributed by atoms with E-state index in [0.717, 1.165) is 36.5 Å². The van der Waals surface area contributed by atoms with E-state index in [1.807, 2.05) is 12.1 Å². The van der Waals surface area contributed by atoms with E-state index in [4.69, 9.17) is 19.6 Å². The SMILES string of the molecule is COCCCN(CCOC)C(CN)c1ccc(Br)o1. The van der Waals surface area contributed by atoms with Crippen molar-refractivity contribution >= 4 is 15.9 Å². The van der Waals surface area contributed by atoms with E-state index >= 15 is 0 Å². The van der Waals surface area contributed by atoms with Gasteiger partial charge in [0.25, 0.3) is 0 Å². The number of hydrogen-bond donors (Lipinski definition) is 1. The van der Waals surface area contributed by atoms with E-state index in [1.54, 1.807) is 14.2 Å². The van der Waals surface area contributed by atoms with E-state index in [1.165, 1.54) is 0 Å². The number of furan rings is 1. The van der Waals surface area contributed by atoms with Gasteiger partial charge < -0.3 is 19.6 Å². The fourth-order valence-corrected chi connectivity index (χ4v) is 2.32. The van der Waals surface area contributed by atoms with Crippen LogP contribution in [0.1, 0.15) is 18.2 Å². The molecular weight excluding hydrogens is 312 g/mol. The number of nitrogens with two attached hydrogens (primary N) is 1. The Kier molecular flexibility index (Phi) is 8.32. The van der Waals surface area contributed by atoms with Crippen LogP contribution in [0, 0.1) is 0 Å². The normalized spacial score (nSPS) is 13.1. The predicted octanol–water partition coefficient (Wildman–Crippen LogP) is 2.03. The highest BCUT2D eigenvalue weighted by atomic mass is 79.9. The molecule has 0 radical (unpaired) electrons. The Hall–Kier alpha value is -0.400. The zero-order valence-corrected chi connectivity index (χ0v) is 13.2. The molecule has 110 valence electrons. The first-order valence-corrected chi connectivity index (χ1v) is 7.19. The van der Waals surface area contributed by atoms with Crippen LogP contribution in [0.5, 0.6) is 0 Å². The second kappa shape index (κ2) is 9.50. The number of ether oxygens (including phenoxy) is 2. The first kappa shape index (κ1) is 16.7. The van der Waals surface area contributed by atoms with Crippen molar-refractivity contribution in [2.75, 3.05) is 47.1 Å². The number of methoxy groups -OCH3 is 2. The zero-order valence-electron chi connectivity index (χ0n) is 11.6. The molecular formula is C13H23BrN2O3. The fraction of sp³-hybridized carbons (Fsp3) is 0.692. The van der Waals surface area contributed by atoms with E-state index in [0.29, 0.717) is 13.2 Å². The molecule has 0 saturated carbocycles. The van der Waals surface area contributed by atoms with Crippen molar-refractivity contribution in [1.29, 1.82) is 0 Å². The summed E-state index contributed by atoms with van der Waals surface area (Å²) >= 11 is 3.32. The van der Waals surface area contributed by atoms with Crippen LogP contribution in [0.25, 0.3) is 0 Å². The van der Waals surface area contributed by atoms with Crippen LogP contribution in [0.2, 0.25) is 0 Å². The molecule has 1 unspecified atom stereocenters. The van der Waals surface area contributed by atoms with Crippen molar-refractivity contribution in [3.8, 4) is 0 Å². The molecule has 0 saturated heterocycles. The second-order valence-corrected chi connectivity index (χ2v) is 5.05. The lowest BCUT2D eigenvalue weighted by Gasteiger charge is -2.29. The Bertz CT molecular complexity index is 346. The summed E-state index contributed by atoms with van der Waals surface area (Å²) < 4.78 is 16.6. The van der Waals surface area contributed by atoms with Crippen molar-refractivity contribution < 1.29 is 13.9 Å². The minimum atomic E-state index is 0.0679. The number of rotatable bonds is 10. The lowest BCUT2D eigenvalue weighted by atomic mass is 10.2. The van der Waals surface area contributed by atoms with Crippen molar-refractivity contribution in [2.45, 2.75) is 12.5 Å². The second-order valence-electron chi connectivity index (χ2n) is 4.27. The van der Waals surface area contributed by atoms with Gasteiger partial charge in [0.1, 0.15) is 5.76 Å². The molecule has 1 atom stereocenters. The molecule has 5 nitrogen and oxygen atoms in total. The van der Waals surface area contributed by atoms with Crippen LogP contribution in [0.15, 0.2) is 21.2 Å². The molecule has 0 bridgehead atoms. The third kappa shape index (κ3) is 5.62. The van der Waals surface area contributed by atoms with Gasteiger partial charge in [-0.3, -0.25) is 4.90 Å². The lowest BCUT2D eigenvalue weighted by Crippen LogP contribution is -2.37. The highest BCUT2D eigenvalue weighted by Gasteiger charge is 2.21. The largest absolute Gasteiger partial charge is 0.453 e. The molecule has 0 aliphatic rings. The minimum Gasteiger partial charge on any atom is -0.453 e. The van der Waals surface area contributed by atoms with E-state index < -0.39 is 0 Å².